The number of nitrogens with zero attached hydrogens (tertiary/aromatic N) is 1. The van der Waals surface area contributed by atoms with Crippen LogP contribution in [0.25, 0.3) is 0 Å². The molecule has 0 unspecified atom stereocenters. The Labute approximate surface area is 94.3 Å². The van der Waals surface area contributed by atoms with Crippen molar-refractivity contribution in [1.29, 1.82) is 0 Å². The molecule has 0 amide bonds. The van der Waals surface area contributed by atoms with E-state index in [0.717, 1.165) is 23.5 Å². The average molecular weight is 217 g/mol. The van der Waals surface area contributed by atoms with Gasteiger partial charge in [0.2, 0.25) is 0 Å². The van der Waals surface area contributed by atoms with Crippen molar-refractivity contribution >= 4 is 5.69 Å². The van der Waals surface area contributed by atoms with Crippen LogP contribution in [0.15, 0.2) is 36.5 Å². The molecule has 0 atom stereocenters. The number of aliphatic hydroxyl groups excluding tert-OH is 1. The van der Waals surface area contributed by atoms with Crippen molar-refractivity contribution in [2.75, 3.05) is 11.9 Å². The highest BCUT2D eigenvalue weighted by Gasteiger charge is 1.95. The molecule has 0 saturated carbocycles. The van der Waals surface area contributed by atoms with Gasteiger partial charge in [0, 0.05) is 18.5 Å². The predicted octanol–water partition coefficient (Wildman–Crippen LogP) is 1.56. The summed E-state index contributed by atoms with van der Waals surface area (Å²) < 4.78 is 0. The van der Waals surface area contributed by atoms with Gasteiger partial charge in [-0.15, -0.1) is 0 Å². The Kier molecular flexibility index (Phi) is 3.56. The first-order valence-electron chi connectivity index (χ1n) is 5.30. The van der Waals surface area contributed by atoms with Crippen LogP contribution in [0.5, 0.6) is 0 Å². The van der Waals surface area contributed by atoms with Crippen molar-refractivity contribution in [3.63, 3.8) is 0 Å². The van der Waals surface area contributed by atoms with Crippen LogP contribution in [-0.2, 0) is 13.0 Å². The second-order valence-electron chi connectivity index (χ2n) is 3.61. The molecule has 4 nitrogen and oxygen atoms in total. The lowest BCUT2D eigenvalue weighted by Gasteiger charge is -2.05. The molecule has 4 heteroatoms. The van der Waals surface area contributed by atoms with Gasteiger partial charge in [-0.05, 0) is 30.2 Å². The first-order chi connectivity index (χ1) is 7.88. The van der Waals surface area contributed by atoms with Gasteiger partial charge >= 0.3 is 0 Å². The smallest absolute Gasteiger partial charge is 0.0567 e. The van der Waals surface area contributed by atoms with Crippen LogP contribution in [0.1, 0.15) is 11.3 Å². The summed E-state index contributed by atoms with van der Waals surface area (Å²) in [7, 11) is 0. The van der Waals surface area contributed by atoms with E-state index < -0.39 is 0 Å². The lowest BCUT2D eigenvalue weighted by atomic mass is 10.1. The third-order valence-electron chi connectivity index (χ3n) is 2.40. The normalized spacial score (nSPS) is 10.3. The molecule has 0 spiro atoms. The van der Waals surface area contributed by atoms with Crippen molar-refractivity contribution < 1.29 is 5.11 Å². The summed E-state index contributed by atoms with van der Waals surface area (Å²) in [6, 6.07) is 10.0. The Bertz CT molecular complexity index is 408. The van der Waals surface area contributed by atoms with Crippen LogP contribution in [0.2, 0.25) is 0 Å². The third kappa shape index (κ3) is 2.84. The lowest BCUT2D eigenvalue weighted by Crippen LogP contribution is -2.00. The number of anilines is 1. The van der Waals surface area contributed by atoms with Crippen LogP contribution >= 0.6 is 0 Å². The number of hydrogen-bond donors (Lipinski definition) is 3. The molecule has 84 valence electrons. The first kappa shape index (κ1) is 10.7. The monoisotopic (exact) mass is 217 g/mol. The van der Waals surface area contributed by atoms with Crippen LogP contribution < -0.4 is 5.32 Å². The second kappa shape index (κ2) is 5.32. The maximum Gasteiger partial charge on any atom is 0.0567 e. The number of benzene rings is 1. The van der Waals surface area contributed by atoms with Crippen molar-refractivity contribution in [1.82, 2.24) is 10.2 Å². The van der Waals surface area contributed by atoms with E-state index in [1.165, 1.54) is 0 Å². The molecule has 0 aliphatic carbocycles. The summed E-state index contributed by atoms with van der Waals surface area (Å²) in [4.78, 5) is 0. The highest BCUT2D eigenvalue weighted by Crippen LogP contribution is 2.10. The average Bonchev–Trinajstić information content (AvgIpc) is 2.82. The summed E-state index contributed by atoms with van der Waals surface area (Å²) in [6.45, 7) is 0.931. The van der Waals surface area contributed by atoms with Crippen LogP contribution in [0, 0.1) is 0 Å². The van der Waals surface area contributed by atoms with E-state index in [1.54, 1.807) is 6.20 Å². The number of aromatic nitrogens is 2. The lowest BCUT2D eigenvalue weighted by molar-refractivity contribution is 0.299. The van der Waals surface area contributed by atoms with Gasteiger partial charge in [-0.2, -0.15) is 5.10 Å². The summed E-state index contributed by atoms with van der Waals surface area (Å²) in [6.07, 6.45) is 2.45. The van der Waals surface area contributed by atoms with Crippen LogP contribution in [-0.4, -0.2) is 21.9 Å². The number of aliphatic hydroxyl groups is 1. The summed E-state index contributed by atoms with van der Waals surface area (Å²) in [5, 5.41) is 18.8. The van der Waals surface area contributed by atoms with E-state index in [1.807, 2.05) is 30.3 Å². The molecule has 3 N–H and O–H groups in total. The number of hydrogen-bond acceptors (Lipinski definition) is 3. The van der Waals surface area contributed by atoms with E-state index >= 15 is 0 Å². The standard InChI is InChI=1S/C12H15N3O/c16-8-6-10-1-3-11(4-2-10)13-9-12-5-7-14-15-12/h1-5,7,13,16H,6,8-9H2,(H,14,15). The predicted molar refractivity (Wildman–Crippen MR) is 63.1 cm³/mol. The number of aromatic amines is 1. The van der Waals surface area contributed by atoms with Gasteiger partial charge in [-0.1, -0.05) is 12.1 Å². The molecule has 0 aliphatic heterocycles. The van der Waals surface area contributed by atoms with Crippen molar-refractivity contribution in [3.05, 3.63) is 47.8 Å². The highest BCUT2D eigenvalue weighted by molar-refractivity contribution is 5.44. The van der Waals surface area contributed by atoms with E-state index in [0.29, 0.717) is 6.42 Å². The van der Waals surface area contributed by atoms with Crippen molar-refractivity contribution in [2.45, 2.75) is 13.0 Å². The summed E-state index contributed by atoms with van der Waals surface area (Å²) in [5.41, 5.74) is 3.27. The molecule has 0 bridgehead atoms. The molecule has 1 aromatic carbocycles. The summed E-state index contributed by atoms with van der Waals surface area (Å²) >= 11 is 0. The maximum atomic E-state index is 8.79. The zero-order valence-electron chi connectivity index (χ0n) is 8.98. The highest BCUT2D eigenvalue weighted by atomic mass is 16.2. The Morgan fingerprint density at radius 1 is 1.19 bits per heavy atom. The molecular formula is C12H15N3O. The minimum absolute atomic E-state index is 0.195. The fourth-order valence-corrected chi connectivity index (χ4v) is 1.50. The SMILES string of the molecule is OCCc1ccc(NCc2ccn[nH]2)cc1. The zero-order valence-corrected chi connectivity index (χ0v) is 8.98. The summed E-state index contributed by atoms with van der Waals surface area (Å²) in [5.74, 6) is 0. The molecule has 2 rings (SSSR count). The minimum atomic E-state index is 0.195. The van der Waals surface area contributed by atoms with Gasteiger partial charge in [0.1, 0.15) is 0 Å². The molecule has 0 saturated heterocycles. The first-order valence-corrected chi connectivity index (χ1v) is 5.30. The van der Waals surface area contributed by atoms with Crippen molar-refractivity contribution in [2.24, 2.45) is 0 Å². The van der Waals surface area contributed by atoms with Crippen LogP contribution in [0.4, 0.5) is 5.69 Å². The fraction of sp³-hybridized carbons (Fsp3) is 0.250. The molecule has 0 aliphatic rings. The van der Waals surface area contributed by atoms with Crippen LogP contribution in [0.3, 0.4) is 0 Å². The molecular weight excluding hydrogens is 202 g/mol. The zero-order chi connectivity index (χ0) is 11.2. The molecule has 0 fully saturated rings. The maximum absolute atomic E-state index is 8.79. The molecule has 16 heavy (non-hydrogen) atoms. The number of nitrogens with one attached hydrogen (secondary N) is 2. The number of rotatable bonds is 5. The minimum Gasteiger partial charge on any atom is -0.396 e. The fourth-order valence-electron chi connectivity index (χ4n) is 1.50. The Morgan fingerprint density at radius 3 is 2.62 bits per heavy atom. The van der Waals surface area contributed by atoms with E-state index in [4.69, 9.17) is 5.11 Å². The Morgan fingerprint density at radius 2 is 2.00 bits per heavy atom. The van der Waals surface area contributed by atoms with Gasteiger partial charge in [-0.25, -0.2) is 0 Å². The topological polar surface area (TPSA) is 60.9 Å². The second-order valence-corrected chi connectivity index (χ2v) is 3.61. The number of H-pyrrole nitrogens is 1. The van der Waals surface area contributed by atoms with Gasteiger partial charge in [-0.3, -0.25) is 5.10 Å². The van der Waals surface area contributed by atoms with E-state index in [9.17, 15) is 0 Å². The van der Waals surface area contributed by atoms with E-state index in [2.05, 4.69) is 15.5 Å². The van der Waals surface area contributed by atoms with Gasteiger partial charge < -0.3 is 10.4 Å². The van der Waals surface area contributed by atoms with Gasteiger partial charge in [0.15, 0.2) is 0 Å². The molecule has 0 radical (unpaired) electrons. The van der Waals surface area contributed by atoms with Gasteiger partial charge in [0.25, 0.3) is 0 Å². The third-order valence-corrected chi connectivity index (χ3v) is 2.40. The van der Waals surface area contributed by atoms with Gasteiger partial charge in [0.05, 0.1) is 12.2 Å². The Hall–Kier alpha value is -1.81. The molecule has 1 heterocycles. The Balaban J connectivity index is 1.90. The molecule has 2 aromatic rings. The largest absolute Gasteiger partial charge is 0.396 e. The van der Waals surface area contributed by atoms with Crippen molar-refractivity contribution in [3.8, 4) is 0 Å². The quantitative estimate of drug-likeness (QED) is 0.712. The molecule has 1 aromatic heterocycles. The van der Waals surface area contributed by atoms with E-state index in [-0.39, 0.29) is 6.61 Å².